The molecule has 1 aliphatic heterocycles. The smallest absolute Gasteiger partial charge is 0.273 e. The standard InChI is InChI=1S/C27H30FN3O5/c1-17(2)27(33)31-12-10-18-6-9-21(14-22(18)25(31)19-4-7-20(28)8-5-19)35-16-24-30-23(15-36-24)26(32)29-11-13-34-3/h4-9,14-15,17,25H,10-13,16H2,1-3H3,(H,29,32)/t25-/m1/s1. The molecule has 3 aromatic rings. The number of nitrogens with zero attached hydrogens (tertiary/aromatic N) is 2. The first-order valence-electron chi connectivity index (χ1n) is 11.9. The molecule has 1 atom stereocenters. The van der Waals surface area contributed by atoms with Gasteiger partial charge in [-0.2, -0.15) is 0 Å². The number of oxazole rings is 1. The topological polar surface area (TPSA) is 93.9 Å². The molecule has 1 aromatic heterocycles. The predicted molar refractivity (Wildman–Crippen MR) is 130 cm³/mol. The van der Waals surface area contributed by atoms with Gasteiger partial charge in [0.15, 0.2) is 12.3 Å². The van der Waals surface area contributed by atoms with Crippen molar-refractivity contribution in [1.82, 2.24) is 15.2 Å². The number of hydrogen-bond donors (Lipinski definition) is 1. The number of aromatic nitrogens is 1. The zero-order chi connectivity index (χ0) is 25.7. The molecule has 2 aromatic carbocycles. The third-order valence-electron chi connectivity index (χ3n) is 6.05. The maximum Gasteiger partial charge on any atom is 0.273 e. The van der Waals surface area contributed by atoms with E-state index in [0.29, 0.717) is 31.9 Å². The Kier molecular flexibility index (Phi) is 8.00. The van der Waals surface area contributed by atoms with Crippen molar-refractivity contribution in [1.29, 1.82) is 0 Å². The van der Waals surface area contributed by atoms with Gasteiger partial charge in [-0.05, 0) is 47.4 Å². The number of hydrogen-bond acceptors (Lipinski definition) is 6. The van der Waals surface area contributed by atoms with Gasteiger partial charge in [-0.3, -0.25) is 9.59 Å². The van der Waals surface area contributed by atoms with Crippen molar-refractivity contribution in [2.24, 2.45) is 5.92 Å². The number of ether oxygens (including phenoxy) is 2. The van der Waals surface area contributed by atoms with Gasteiger partial charge < -0.3 is 24.1 Å². The Morgan fingerprint density at radius 2 is 2.00 bits per heavy atom. The first-order chi connectivity index (χ1) is 17.4. The van der Waals surface area contributed by atoms with Crippen LogP contribution in [0.15, 0.2) is 53.1 Å². The molecule has 0 saturated heterocycles. The second kappa shape index (κ2) is 11.3. The summed E-state index contributed by atoms with van der Waals surface area (Å²) in [4.78, 5) is 31.2. The molecule has 1 N–H and O–H groups in total. The van der Waals surface area contributed by atoms with Crippen molar-refractivity contribution < 1.29 is 27.9 Å². The van der Waals surface area contributed by atoms with Crippen molar-refractivity contribution in [2.45, 2.75) is 32.9 Å². The van der Waals surface area contributed by atoms with Crippen molar-refractivity contribution in [2.75, 3.05) is 26.8 Å². The van der Waals surface area contributed by atoms with Gasteiger partial charge in [0.05, 0.1) is 12.6 Å². The highest BCUT2D eigenvalue weighted by Gasteiger charge is 2.33. The summed E-state index contributed by atoms with van der Waals surface area (Å²) in [6, 6.07) is 11.7. The van der Waals surface area contributed by atoms with Crippen molar-refractivity contribution in [3.63, 3.8) is 0 Å². The van der Waals surface area contributed by atoms with Crippen LogP contribution < -0.4 is 10.1 Å². The van der Waals surface area contributed by atoms with Crippen LogP contribution in [0, 0.1) is 11.7 Å². The summed E-state index contributed by atoms with van der Waals surface area (Å²) in [7, 11) is 1.56. The molecule has 2 heterocycles. The van der Waals surface area contributed by atoms with Crippen LogP contribution in [0.2, 0.25) is 0 Å². The van der Waals surface area contributed by atoms with Gasteiger partial charge in [0, 0.05) is 26.1 Å². The van der Waals surface area contributed by atoms with Crippen LogP contribution in [0.25, 0.3) is 0 Å². The minimum atomic E-state index is -0.354. The van der Waals surface area contributed by atoms with Gasteiger partial charge in [0.25, 0.3) is 5.91 Å². The van der Waals surface area contributed by atoms with E-state index in [1.165, 1.54) is 18.4 Å². The third-order valence-corrected chi connectivity index (χ3v) is 6.05. The number of carbonyl (C=O) groups excluding carboxylic acids is 2. The molecule has 0 saturated carbocycles. The largest absolute Gasteiger partial charge is 0.484 e. The number of benzene rings is 2. The maximum absolute atomic E-state index is 13.6. The zero-order valence-electron chi connectivity index (χ0n) is 20.6. The second-order valence-electron chi connectivity index (χ2n) is 8.91. The lowest BCUT2D eigenvalue weighted by Crippen LogP contribution is -2.42. The van der Waals surface area contributed by atoms with Gasteiger partial charge in [-0.1, -0.05) is 32.0 Å². The van der Waals surface area contributed by atoms with E-state index in [9.17, 15) is 14.0 Å². The average molecular weight is 496 g/mol. The lowest BCUT2D eigenvalue weighted by Gasteiger charge is -2.39. The van der Waals surface area contributed by atoms with E-state index in [0.717, 1.165) is 16.7 Å². The number of methoxy groups -OCH3 is 1. The monoisotopic (exact) mass is 495 g/mol. The number of halogens is 1. The fourth-order valence-corrected chi connectivity index (χ4v) is 4.24. The minimum absolute atomic E-state index is 0.0278. The molecule has 0 spiro atoms. The molecular formula is C27H30FN3O5. The number of amides is 2. The summed E-state index contributed by atoms with van der Waals surface area (Å²) < 4.78 is 29.9. The molecule has 2 amide bonds. The molecular weight excluding hydrogens is 465 g/mol. The number of fused-ring (bicyclic) bond motifs is 1. The van der Waals surface area contributed by atoms with E-state index in [1.54, 1.807) is 19.2 Å². The predicted octanol–water partition coefficient (Wildman–Crippen LogP) is 3.90. The Hall–Kier alpha value is -3.72. The fraction of sp³-hybridized carbons (Fsp3) is 0.370. The Morgan fingerprint density at radius 3 is 2.72 bits per heavy atom. The molecule has 190 valence electrons. The Balaban J connectivity index is 1.54. The van der Waals surface area contributed by atoms with Crippen LogP contribution in [0.4, 0.5) is 4.39 Å². The van der Waals surface area contributed by atoms with Crippen LogP contribution >= 0.6 is 0 Å². The second-order valence-corrected chi connectivity index (χ2v) is 8.91. The summed E-state index contributed by atoms with van der Waals surface area (Å²) in [5.74, 6) is 0.0248. The van der Waals surface area contributed by atoms with E-state index in [4.69, 9.17) is 13.9 Å². The molecule has 1 aliphatic rings. The van der Waals surface area contributed by atoms with Crippen molar-refractivity contribution in [3.8, 4) is 5.75 Å². The molecule has 0 fully saturated rings. The fourth-order valence-electron chi connectivity index (χ4n) is 4.24. The van der Waals surface area contributed by atoms with Gasteiger partial charge in [-0.15, -0.1) is 0 Å². The quantitative estimate of drug-likeness (QED) is 0.453. The highest BCUT2D eigenvalue weighted by atomic mass is 19.1. The normalized spacial score (nSPS) is 15.0. The van der Waals surface area contributed by atoms with Crippen LogP contribution in [0.3, 0.4) is 0 Å². The van der Waals surface area contributed by atoms with E-state index >= 15 is 0 Å². The summed E-state index contributed by atoms with van der Waals surface area (Å²) in [5.41, 5.74) is 3.04. The van der Waals surface area contributed by atoms with Crippen LogP contribution in [0.5, 0.6) is 5.75 Å². The summed E-state index contributed by atoms with van der Waals surface area (Å²) >= 11 is 0. The average Bonchev–Trinajstić information content (AvgIpc) is 3.36. The first-order valence-corrected chi connectivity index (χ1v) is 11.9. The van der Waals surface area contributed by atoms with E-state index < -0.39 is 0 Å². The molecule has 0 aliphatic carbocycles. The molecule has 9 heteroatoms. The third kappa shape index (κ3) is 5.73. The number of rotatable bonds is 9. The maximum atomic E-state index is 13.6. The van der Waals surface area contributed by atoms with Crippen molar-refractivity contribution >= 4 is 11.8 Å². The Morgan fingerprint density at radius 1 is 1.22 bits per heavy atom. The van der Waals surface area contributed by atoms with Gasteiger partial charge in [-0.25, -0.2) is 9.37 Å². The summed E-state index contributed by atoms with van der Waals surface area (Å²) in [6.07, 6.45) is 2.00. The van der Waals surface area contributed by atoms with Gasteiger partial charge >= 0.3 is 0 Å². The highest BCUT2D eigenvalue weighted by Crippen LogP contribution is 2.38. The summed E-state index contributed by atoms with van der Waals surface area (Å²) in [5, 5.41) is 2.68. The number of nitrogens with one attached hydrogen (secondary N) is 1. The molecule has 0 bridgehead atoms. The van der Waals surface area contributed by atoms with Crippen LogP contribution in [-0.2, 0) is 22.6 Å². The van der Waals surface area contributed by atoms with E-state index in [1.807, 2.05) is 36.9 Å². The Labute approximate surface area is 209 Å². The number of carbonyl (C=O) groups is 2. The molecule has 0 radical (unpaired) electrons. The SMILES string of the molecule is COCCNC(=O)c1coc(COc2ccc3c(c2)[C@@H](c2ccc(F)cc2)N(C(=O)C(C)C)CC3)n1. The van der Waals surface area contributed by atoms with Crippen molar-refractivity contribution in [3.05, 3.63) is 82.8 Å². The summed E-state index contributed by atoms with van der Waals surface area (Å²) in [6.45, 7) is 5.13. The van der Waals surface area contributed by atoms with Gasteiger partial charge in [0.2, 0.25) is 11.8 Å². The first kappa shape index (κ1) is 25.4. The Bertz CT molecular complexity index is 1210. The van der Waals surface area contributed by atoms with Crippen LogP contribution in [0.1, 0.15) is 53.0 Å². The lowest BCUT2D eigenvalue weighted by molar-refractivity contribution is -0.136. The molecule has 4 rings (SSSR count). The molecule has 36 heavy (non-hydrogen) atoms. The minimum Gasteiger partial charge on any atom is -0.484 e. The highest BCUT2D eigenvalue weighted by molar-refractivity contribution is 5.91. The zero-order valence-corrected chi connectivity index (χ0v) is 20.6. The van der Waals surface area contributed by atoms with Gasteiger partial charge in [0.1, 0.15) is 17.8 Å². The van der Waals surface area contributed by atoms with E-state index in [2.05, 4.69) is 10.3 Å². The molecule has 8 nitrogen and oxygen atoms in total. The lowest BCUT2D eigenvalue weighted by atomic mass is 9.87. The van der Waals surface area contributed by atoms with Crippen LogP contribution in [-0.4, -0.2) is 48.5 Å². The van der Waals surface area contributed by atoms with E-state index in [-0.39, 0.29) is 47.8 Å². The molecule has 0 unspecified atom stereocenters.